The Balaban J connectivity index is 1.69. The molecule has 0 saturated carbocycles. The van der Waals surface area contributed by atoms with E-state index in [0.717, 1.165) is 21.2 Å². The van der Waals surface area contributed by atoms with Gasteiger partial charge < -0.3 is 4.74 Å². The molecular weight excluding hydrogens is 380 g/mol. The lowest BCUT2D eigenvalue weighted by Crippen LogP contribution is -2.05. The number of carbonyl (C=O) groups is 1. The molecule has 1 aromatic heterocycles. The fourth-order valence-corrected chi connectivity index (χ4v) is 2.73. The van der Waals surface area contributed by atoms with E-state index >= 15 is 0 Å². The molecule has 3 aromatic rings. The van der Waals surface area contributed by atoms with Crippen molar-refractivity contribution in [2.75, 3.05) is 0 Å². The lowest BCUT2D eigenvalue weighted by Gasteiger charge is -2.07. The number of pyridine rings is 1. The van der Waals surface area contributed by atoms with E-state index in [1.165, 1.54) is 6.20 Å². The molecule has 3 rings (SSSR count). The number of hydrogen-bond donors (Lipinski definition) is 0. The fraction of sp³-hybridized carbons (Fsp3) is 0.0500. The van der Waals surface area contributed by atoms with E-state index in [-0.39, 0.29) is 6.61 Å². The first-order valence-electron chi connectivity index (χ1n) is 7.53. The van der Waals surface area contributed by atoms with Crippen molar-refractivity contribution in [2.24, 2.45) is 0 Å². The molecule has 2 aromatic carbocycles. The Labute approximate surface area is 153 Å². The number of hydrogen-bond acceptors (Lipinski definition) is 4. The van der Waals surface area contributed by atoms with E-state index in [2.05, 4.69) is 27.0 Å². The van der Waals surface area contributed by atoms with E-state index < -0.39 is 5.97 Å². The Bertz CT molecular complexity index is 946. The molecular formula is C20H13BrN2O2. The molecule has 122 valence electrons. The van der Waals surface area contributed by atoms with E-state index in [1.54, 1.807) is 18.3 Å². The minimum atomic E-state index is -0.423. The quantitative estimate of drug-likeness (QED) is 0.601. The number of halogens is 1. The molecule has 0 saturated heterocycles. The Morgan fingerprint density at radius 3 is 2.60 bits per heavy atom. The van der Waals surface area contributed by atoms with Crippen LogP contribution in [0.1, 0.15) is 21.5 Å². The fourth-order valence-electron chi connectivity index (χ4n) is 2.37. The molecule has 0 fully saturated rings. The Kier molecular flexibility index (Phi) is 5.22. The minimum absolute atomic E-state index is 0.172. The molecule has 1 heterocycles. The zero-order chi connectivity index (χ0) is 17.6. The largest absolute Gasteiger partial charge is 0.457 e. The van der Waals surface area contributed by atoms with Crippen molar-refractivity contribution in [3.05, 3.63) is 88.2 Å². The lowest BCUT2D eigenvalue weighted by molar-refractivity contribution is 0.0472. The van der Waals surface area contributed by atoms with Crippen molar-refractivity contribution < 1.29 is 9.53 Å². The number of rotatable bonds is 4. The highest BCUT2D eigenvalue weighted by Crippen LogP contribution is 2.23. The molecule has 0 spiro atoms. The second-order valence-corrected chi connectivity index (χ2v) is 6.24. The summed E-state index contributed by atoms with van der Waals surface area (Å²) in [6.07, 6.45) is 3.07. The SMILES string of the molecule is N#Cc1ccccc1-c1ccc(COC(=O)c2cncc(Br)c2)cc1. The van der Waals surface area contributed by atoms with Gasteiger partial charge in [0.25, 0.3) is 0 Å². The van der Waals surface area contributed by atoms with Crippen LogP contribution in [-0.4, -0.2) is 11.0 Å². The number of nitriles is 1. The summed E-state index contributed by atoms with van der Waals surface area (Å²) in [5, 5.41) is 9.19. The van der Waals surface area contributed by atoms with Crippen LogP contribution in [0.5, 0.6) is 0 Å². The molecule has 0 atom stereocenters. The molecule has 0 radical (unpaired) electrons. The Hall–Kier alpha value is -2.97. The van der Waals surface area contributed by atoms with Crippen LogP contribution in [0.2, 0.25) is 0 Å². The number of ether oxygens (including phenoxy) is 1. The van der Waals surface area contributed by atoms with E-state index in [4.69, 9.17) is 4.74 Å². The predicted molar refractivity (Wildman–Crippen MR) is 97.6 cm³/mol. The van der Waals surface area contributed by atoms with E-state index in [9.17, 15) is 10.1 Å². The Morgan fingerprint density at radius 1 is 1.12 bits per heavy atom. The number of nitrogens with zero attached hydrogens (tertiary/aromatic N) is 2. The van der Waals surface area contributed by atoms with Crippen LogP contribution in [-0.2, 0) is 11.3 Å². The molecule has 0 unspecified atom stereocenters. The second-order valence-electron chi connectivity index (χ2n) is 5.32. The van der Waals surface area contributed by atoms with E-state index in [0.29, 0.717) is 11.1 Å². The van der Waals surface area contributed by atoms with E-state index in [1.807, 2.05) is 42.5 Å². The second kappa shape index (κ2) is 7.73. The highest BCUT2D eigenvalue weighted by Gasteiger charge is 2.09. The third-order valence-corrected chi connectivity index (χ3v) is 4.06. The van der Waals surface area contributed by atoms with Crippen LogP contribution in [0.3, 0.4) is 0 Å². The van der Waals surface area contributed by atoms with Gasteiger partial charge in [-0.2, -0.15) is 5.26 Å². The van der Waals surface area contributed by atoms with Gasteiger partial charge in [-0.05, 0) is 44.8 Å². The first kappa shape index (κ1) is 16.9. The zero-order valence-electron chi connectivity index (χ0n) is 13.1. The van der Waals surface area contributed by atoms with Gasteiger partial charge >= 0.3 is 5.97 Å². The molecule has 0 N–H and O–H groups in total. The minimum Gasteiger partial charge on any atom is -0.457 e. The number of esters is 1. The van der Waals surface area contributed by atoms with Gasteiger partial charge in [0.05, 0.1) is 17.2 Å². The third kappa shape index (κ3) is 4.11. The van der Waals surface area contributed by atoms with Crippen molar-refractivity contribution in [3.8, 4) is 17.2 Å². The summed E-state index contributed by atoms with van der Waals surface area (Å²) in [6.45, 7) is 0.172. The summed E-state index contributed by atoms with van der Waals surface area (Å²) in [6, 6.07) is 18.9. The maximum absolute atomic E-state index is 12.0. The maximum Gasteiger partial charge on any atom is 0.340 e. The summed E-state index contributed by atoms with van der Waals surface area (Å²) in [5.74, 6) is -0.423. The molecule has 5 heteroatoms. The topological polar surface area (TPSA) is 63.0 Å². The van der Waals surface area contributed by atoms with Gasteiger partial charge in [-0.25, -0.2) is 4.79 Å². The van der Waals surface area contributed by atoms with Crippen molar-refractivity contribution >= 4 is 21.9 Å². The van der Waals surface area contributed by atoms with Crippen molar-refractivity contribution in [1.82, 2.24) is 4.98 Å². The molecule has 0 bridgehead atoms. The highest BCUT2D eigenvalue weighted by molar-refractivity contribution is 9.10. The van der Waals surface area contributed by atoms with Crippen LogP contribution in [0.15, 0.2) is 71.5 Å². The van der Waals surface area contributed by atoms with Gasteiger partial charge in [-0.15, -0.1) is 0 Å². The first-order valence-corrected chi connectivity index (χ1v) is 8.33. The van der Waals surface area contributed by atoms with Gasteiger partial charge in [-0.3, -0.25) is 4.98 Å². The summed E-state index contributed by atoms with van der Waals surface area (Å²) in [5.41, 5.74) is 3.73. The van der Waals surface area contributed by atoms with Crippen LogP contribution < -0.4 is 0 Å². The Morgan fingerprint density at radius 2 is 1.88 bits per heavy atom. The van der Waals surface area contributed by atoms with Gasteiger partial charge in [0.15, 0.2) is 0 Å². The van der Waals surface area contributed by atoms with Crippen LogP contribution in [0, 0.1) is 11.3 Å². The number of carbonyl (C=O) groups excluding carboxylic acids is 1. The lowest BCUT2D eigenvalue weighted by atomic mass is 9.99. The number of benzene rings is 2. The van der Waals surface area contributed by atoms with Gasteiger partial charge in [0, 0.05) is 16.9 Å². The molecule has 0 aliphatic carbocycles. The predicted octanol–water partition coefficient (Wildman–Crippen LogP) is 4.74. The van der Waals surface area contributed by atoms with Crippen molar-refractivity contribution in [3.63, 3.8) is 0 Å². The summed E-state index contributed by atoms with van der Waals surface area (Å²) in [4.78, 5) is 16.0. The maximum atomic E-state index is 12.0. The van der Waals surface area contributed by atoms with Gasteiger partial charge in [-0.1, -0.05) is 42.5 Å². The first-order chi connectivity index (χ1) is 12.2. The monoisotopic (exact) mass is 392 g/mol. The van der Waals surface area contributed by atoms with Crippen LogP contribution >= 0.6 is 15.9 Å². The molecule has 4 nitrogen and oxygen atoms in total. The van der Waals surface area contributed by atoms with Crippen LogP contribution in [0.25, 0.3) is 11.1 Å². The average Bonchev–Trinajstić information content (AvgIpc) is 2.66. The number of aromatic nitrogens is 1. The van der Waals surface area contributed by atoms with Gasteiger partial charge in [0.2, 0.25) is 0 Å². The molecule has 0 amide bonds. The average molecular weight is 393 g/mol. The normalized spacial score (nSPS) is 10.1. The molecule has 0 aliphatic rings. The van der Waals surface area contributed by atoms with Crippen molar-refractivity contribution in [2.45, 2.75) is 6.61 Å². The standard InChI is InChI=1S/C20H13BrN2O2/c21-18-9-17(11-23-12-18)20(24)25-13-14-5-7-15(8-6-14)19-4-2-1-3-16(19)10-22/h1-9,11-12H,13H2. The molecule has 25 heavy (non-hydrogen) atoms. The highest BCUT2D eigenvalue weighted by atomic mass is 79.9. The van der Waals surface area contributed by atoms with Crippen molar-refractivity contribution in [1.29, 1.82) is 5.26 Å². The smallest absolute Gasteiger partial charge is 0.340 e. The van der Waals surface area contributed by atoms with Crippen LogP contribution in [0.4, 0.5) is 0 Å². The third-order valence-electron chi connectivity index (χ3n) is 3.62. The summed E-state index contributed by atoms with van der Waals surface area (Å²) in [7, 11) is 0. The zero-order valence-corrected chi connectivity index (χ0v) is 14.7. The summed E-state index contributed by atoms with van der Waals surface area (Å²) >= 11 is 3.28. The van der Waals surface area contributed by atoms with Gasteiger partial charge in [0.1, 0.15) is 6.61 Å². The molecule has 0 aliphatic heterocycles. The summed E-state index contributed by atoms with van der Waals surface area (Å²) < 4.78 is 6.03.